The molecule has 0 amide bonds. The summed E-state index contributed by atoms with van der Waals surface area (Å²) in [6.45, 7) is 3.62. The molecular formula is C28H24N6O4. The molecule has 0 atom stereocenters. The second-order valence-electron chi connectivity index (χ2n) is 8.27. The Labute approximate surface area is 218 Å². The minimum Gasteiger partial charge on any atom is -0.438 e. The molecule has 0 unspecified atom stereocenters. The van der Waals surface area contributed by atoms with E-state index in [4.69, 9.17) is 9.47 Å². The highest BCUT2D eigenvalue weighted by molar-refractivity contribution is 5.85. The number of ether oxygens (including phenoxy) is 2. The molecule has 10 heteroatoms. The van der Waals surface area contributed by atoms with Gasteiger partial charge in [0.15, 0.2) is 0 Å². The molecule has 0 spiro atoms. The molecule has 10 nitrogen and oxygen atoms in total. The number of hydrogen-bond acceptors (Lipinski definition) is 8. The summed E-state index contributed by atoms with van der Waals surface area (Å²) in [6, 6.07) is 26.1. The lowest BCUT2D eigenvalue weighted by atomic mass is 10.2. The normalized spacial score (nSPS) is 11.4. The van der Waals surface area contributed by atoms with Gasteiger partial charge in [-0.05, 0) is 62.4 Å². The van der Waals surface area contributed by atoms with Crippen molar-refractivity contribution in [1.82, 2.24) is 19.6 Å². The molecule has 5 rings (SSSR count). The number of oxime groups is 2. The highest BCUT2D eigenvalue weighted by Gasteiger charge is 2.20. The van der Waals surface area contributed by atoms with E-state index in [1.807, 2.05) is 74.5 Å². The molecule has 190 valence electrons. The molecule has 0 fully saturated rings. The van der Waals surface area contributed by atoms with Gasteiger partial charge in [0.2, 0.25) is 11.8 Å². The average Bonchev–Trinajstić information content (AvgIpc) is 3.42. The average molecular weight is 509 g/mol. The maximum atomic E-state index is 9.19. The fourth-order valence-electron chi connectivity index (χ4n) is 3.93. The first kappa shape index (κ1) is 24.3. The van der Waals surface area contributed by atoms with E-state index in [0.29, 0.717) is 45.8 Å². The number of hydrogen-bond donors (Lipinski definition) is 2. The van der Waals surface area contributed by atoms with E-state index in [2.05, 4.69) is 20.5 Å². The molecule has 0 aliphatic rings. The van der Waals surface area contributed by atoms with E-state index in [-0.39, 0.29) is 0 Å². The second-order valence-corrected chi connectivity index (χ2v) is 8.27. The Bertz CT molecular complexity index is 1470. The van der Waals surface area contributed by atoms with Gasteiger partial charge in [-0.2, -0.15) is 19.6 Å². The maximum Gasteiger partial charge on any atom is 0.231 e. The Kier molecular flexibility index (Phi) is 6.85. The molecular weight excluding hydrogens is 484 g/mol. The van der Waals surface area contributed by atoms with Crippen LogP contribution in [0.15, 0.2) is 95.2 Å². The van der Waals surface area contributed by atoms with Gasteiger partial charge >= 0.3 is 0 Å². The third-order valence-corrected chi connectivity index (χ3v) is 5.75. The van der Waals surface area contributed by atoms with Crippen LogP contribution in [0.1, 0.15) is 22.5 Å². The van der Waals surface area contributed by atoms with Crippen molar-refractivity contribution in [1.29, 1.82) is 0 Å². The number of benzene rings is 3. The Morgan fingerprint density at radius 1 is 0.605 bits per heavy atom. The van der Waals surface area contributed by atoms with E-state index in [0.717, 1.165) is 11.4 Å². The molecule has 3 aromatic carbocycles. The van der Waals surface area contributed by atoms with Crippen LogP contribution < -0.4 is 9.47 Å². The van der Waals surface area contributed by atoms with Crippen LogP contribution in [0.25, 0.3) is 11.4 Å². The Morgan fingerprint density at radius 2 is 0.974 bits per heavy atom. The largest absolute Gasteiger partial charge is 0.438 e. The fourth-order valence-corrected chi connectivity index (χ4v) is 3.93. The standard InChI is InChI=1S/C28H24N6O4/c1-19-25(17-29-35)27(33(31-19)21-9-5-3-6-10-21)37-23-13-15-24(16-14-23)38-28-26(18-30-36)20(2)32-34(28)22-11-7-4-8-12-22/h3-18,35-36H,1-2H3/b29-17+,30-18+. The van der Waals surface area contributed by atoms with Crippen LogP contribution in [0.2, 0.25) is 0 Å². The maximum absolute atomic E-state index is 9.19. The van der Waals surface area contributed by atoms with Gasteiger partial charge in [-0.25, -0.2) is 0 Å². The zero-order valence-corrected chi connectivity index (χ0v) is 20.6. The van der Waals surface area contributed by atoms with Gasteiger partial charge < -0.3 is 19.9 Å². The summed E-state index contributed by atoms with van der Waals surface area (Å²) in [6.07, 6.45) is 2.60. The van der Waals surface area contributed by atoms with Crippen LogP contribution >= 0.6 is 0 Å². The summed E-state index contributed by atoms with van der Waals surface area (Å²) in [5, 5.41) is 33.9. The predicted molar refractivity (Wildman–Crippen MR) is 142 cm³/mol. The lowest BCUT2D eigenvalue weighted by Gasteiger charge is -2.12. The zero-order valence-electron chi connectivity index (χ0n) is 20.6. The van der Waals surface area contributed by atoms with Crippen LogP contribution in [-0.2, 0) is 0 Å². The molecule has 5 aromatic rings. The van der Waals surface area contributed by atoms with Crippen molar-refractivity contribution in [2.45, 2.75) is 13.8 Å². The second kappa shape index (κ2) is 10.7. The topological polar surface area (TPSA) is 119 Å². The number of nitrogens with zero attached hydrogens (tertiary/aromatic N) is 6. The molecule has 0 saturated carbocycles. The lowest BCUT2D eigenvalue weighted by molar-refractivity contribution is 0.321. The smallest absolute Gasteiger partial charge is 0.231 e. The van der Waals surface area contributed by atoms with Gasteiger partial charge in [-0.1, -0.05) is 46.7 Å². The van der Waals surface area contributed by atoms with Crippen LogP contribution in [0, 0.1) is 13.8 Å². The minimum atomic E-state index is 0.402. The summed E-state index contributed by atoms with van der Waals surface area (Å²) in [4.78, 5) is 0. The number of rotatable bonds is 8. The molecule has 2 aromatic heterocycles. The Balaban J connectivity index is 1.46. The summed E-state index contributed by atoms with van der Waals surface area (Å²) in [7, 11) is 0. The first-order valence-corrected chi connectivity index (χ1v) is 11.7. The lowest BCUT2D eigenvalue weighted by Crippen LogP contribution is -2.01. The SMILES string of the molecule is Cc1nn(-c2ccccc2)c(Oc2ccc(Oc3c(/C=N/O)c(C)nn3-c3ccccc3)cc2)c1/C=N/O. The number of para-hydroxylation sites is 2. The molecule has 2 N–H and O–H groups in total. The van der Waals surface area contributed by atoms with E-state index in [9.17, 15) is 10.4 Å². The highest BCUT2D eigenvalue weighted by atomic mass is 16.5. The molecule has 0 radical (unpaired) electrons. The van der Waals surface area contributed by atoms with Crippen molar-refractivity contribution >= 4 is 12.4 Å². The molecule has 38 heavy (non-hydrogen) atoms. The number of aromatic nitrogens is 4. The third-order valence-electron chi connectivity index (χ3n) is 5.75. The van der Waals surface area contributed by atoms with Gasteiger partial charge in [0.25, 0.3) is 0 Å². The van der Waals surface area contributed by atoms with Crippen LogP contribution in [0.4, 0.5) is 0 Å². The van der Waals surface area contributed by atoms with Gasteiger partial charge in [-0.15, -0.1) is 0 Å². The molecule has 0 bridgehead atoms. The van der Waals surface area contributed by atoms with Gasteiger partial charge in [0, 0.05) is 0 Å². The Hall–Kier alpha value is -5.38. The summed E-state index contributed by atoms with van der Waals surface area (Å²) < 4.78 is 15.7. The van der Waals surface area contributed by atoms with Crippen molar-refractivity contribution in [2.75, 3.05) is 0 Å². The monoisotopic (exact) mass is 508 g/mol. The quantitative estimate of drug-likeness (QED) is 0.154. The fraction of sp³-hybridized carbons (Fsp3) is 0.0714. The highest BCUT2D eigenvalue weighted by Crippen LogP contribution is 2.33. The Morgan fingerprint density at radius 3 is 1.32 bits per heavy atom. The zero-order chi connectivity index (χ0) is 26.5. The van der Waals surface area contributed by atoms with E-state index >= 15 is 0 Å². The van der Waals surface area contributed by atoms with Gasteiger partial charge in [0.05, 0.1) is 46.3 Å². The van der Waals surface area contributed by atoms with E-state index in [1.165, 1.54) is 12.4 Å². The first-order chi connectivity index (χ1) is 18.6. The van der Waals surface area contributed by atoms with E-state index < -0.39 is 0 Å². The third kappa shape index (κ3) is 4.82. The first-order valence-electron chi connectivity index (χ1n) is 11.7. The van der Waals surface area contributed by atoms with Crippen molar-refractivity contribution < 1.29 is 19.9 Å². The number of aryl methyl sites for hydroxylation is 2. The predicted octanol–water partition coefficient (Wildman–Crippen LogP) is 5.88. The summed E-state index contributed by atoms with van der Waals surface area (Å²) >= 11 is 0. The summed E-state index contributed by atoms with van der Waals surface area (Å²) in [5.41, 5.74) is 3.98. The van der Waals surface area contributed by atoms with Crippen molar-refractivity contribution in [3.8, 4) is 34.6 Å². The summed E-state index contributed by atoms with van der Waals surface area (Å²) in [5.74, 6) is 1.85. The van der Waals surface area contributed by atoms with Crippen LogP contribution in [-0.4, -0.2) is 42.4 Å². The van der Waals surface area contributed by atoms with Crippen LogP contribution in [0.3, 0.4) is 0 Å². The van der Waals surface area contributed by atoms with Crippen molar-refractivity contribution in [3.05, 3.63) is 107 Å². The minimum absolute atomic E-state index is 0.402. The van der Waals surface area contributed by atoms with Crippen molar-refractivity contribution in [3.63, 3.8) is 0 Å². The molecule has 2 heterocycles. The van der Waals surface area contributed by atoms with Gasteiger partial charge in [0.1, 0.15) is 11.5 Å². The van der Waals surface area contributed by atoms with E-state index in [1.54, 1.807) is 33.6 Å². The van der Waals surface area contributed by atoms with Crippen molar-refractivity contribution in [2.24, 2.45) is 10.3 Å². The molecule has 0 saturated heterocycles. The molecule has 0 aliphatic heterocycles. The van der Waals surface area contributed by atoms with Crippen LogP contribution in [0.5, 0.6) is 23.3 Å². The van der Waals surface area contributed by atoms with Gasteiger partial charge in [-0.3, -0.25) is 0 Å². The molecule has 0 aliphatic carbocycles.